The van der Waals surface area contributed by atoms with Crippen molar-refractivity contribution >= 4 is 33.5 Å². The van der Waals surface area contributed by atoms with E-state index >= 15 is 0 Å². The zero-order chi connectivity index (χ0) is 17.8. The van der Waals surface area contributed by atoms with Gasteiger partial charge in [-0.2, -0.15) is 0 Å². The Bertz CT molecular complexity index is 921. The predicted octanol–water partition coefficient (Wildman–Crippen LogP) is 5.07. The third-order valence-electron chi connectivity index (χ3n) is 3.71. The number of carbonyl (C=O) groups excluding carboxylic acids is 1. The van der Waals surface area contributed by atoms with Gasteiger partial charge in [0.2, 0.25) is 0 Å². The van der Waals surface area contributed by atoms with Crippen LogP contribution in [0.15, 0.2) is 77.3 Å². The maximum atomic E-state index is 12.4. The lowest BCUT2D eigenvalue weighted by molar-refractivity contribution is 0.0698. The molecule has 0 aromatic heterocycles. The van der Waals surface area contributed by atoms with Crippen LogP contribution < -0.4 is 5.32 Å². The van der Waals surface area contributed by atoms with Crippen LogP contribution in [0.25, 0.3) is 11.1 Å². The summed E-state index contributed by atoms with van der Waals surface area (Å²) in [5.41, 5.74) is 2.82. The van der Waals surface area contributed by atoms with Gasteiger partial charge in [-0.1, -0.05) is 58.4 Å². The highest BCUT2D eigenvalue weighted by Crippen LogP contribution is 2.23. The van der Waals surface area contributed by atoms with Gasteiger partial charge < -0.3 is 10.4 Å². The summed E-state index contributed by atoms with van der Waals surface area (Å²) in [4.78, 5) is 23.7. The standard InChI is InChI=1S/C20H14BrNO3/c21-16-10-11-18(17(12-16)20(24)25)22-19(23)15-8-6-14(7-9-15)13-4-2-1-3-5-13/h1-12H,(H,22,23)(H,24,25). The SMILES string of the molecule is O=C(Nc1ccc(Br)cc1C(=O)O)c1ccc(-c2ccccc2)cc1. The number of benzene rings is 3. The maximum Gasteiger partial charge on any atom is 0.337 e. The molecule has 0 spiro atoms. The van der Waals surface area contributed by atoms with E-state index in [4.69, 9.17) is 0 Å². The first-order chi connectivity index (χ1) is 12.0. The summed E-state index contributed by atoms with van der Waals surface area (Å²) in [6.45, 7) is 0. The Morgan fingerprint density at radius 3 is 2.12 bits per heavy atom. The van der Waals surface area contributed by atoms with E-state index in [0.717, 1.165) is 11.1 Å². The first kappa shape index (κ1) is 16.9. The van der Waals surface area contributed by atoms with Crippen molar-refractivity contribution in [3.63, 3.8) is 0 Å². The van der Waals surface area contributed by atoms with Crippen LogP contribution in [0, 0.1) is 0 Å². The van der Waals surface area contributed by atoms with Crippen LogP contribution >= 0.6 is 15.9 Å². The molecule has 124 valence electrons. The van der Waals surface area contributed by atoms with Crippen LogP contribution in [-0.2, 0) is 0 Å². The van der Waals surface area contributed by atoms with Crippen molar-refractivity contribution in [1.29, 1.82) is 0 Å². The second-order valence-corrected chi connectivity index (χ2v) is 6.31. The lowest BCUT2D eigenvalue weighted by Crippen LogP contribution is -2.14. The Hall–Kier alpha value is -2.92. The number of carbonyl (C=O) groups is 2. The predicted molar refractivity (Wildman–Crippen MR) is 101 cm³/mol. The normalized spacial score (nSPS) is 10.3. The van der Waals surface area contributed by atoms with Gasteiger partial charge in [-0.3, -0.25) is 4.79 Å². The van der Waals surface area contributed by atoms with Gasteiger partial charge in [0.15, 0.2) is 0 Å². The molecule has 2 N–H and O–H groups in total. The summed E-state index contributed by atoms with van der Waals surface area (Å²) < 4.78 is 0.634. The highest BCUT2D eigenvalue weighted by atomic mass is 79.9. The number of rotatable bonds is 4. The number of carboxylic acid groups (broad SMARTS) is 1. The van der Waals surface area contributed by atoms with E-state index in [1.165, 1.54) is 6.07 Å². The van der Waals surface area contributed by atoms with Crippen molar-refractivity contribution in [3.8, 4) is 11.1 Å². The summed E-state index contributed by atoms with van der Waals surface area (Å²) >= 11 is 3.23. The number of hydrogen-bond acceptors (Lipinski definition) is 2. The number of carboxylic acids is 1. The highest BCUT2D eigenvalue weighted by Gasteiger charge is 2.14. The Labute approximate surface area is 153 Å². The maximum absolute atomic E-state index is 12.4. The molecule has 3 rings (SSSR count). The molecule has 0 fully saturated rings. The highest BCUT2D eigenvalue weighted by molar-refractivity contribution is 9.10. The van der Waals surface area contributed by atoms with E-state index in [2.05, 4.69) is 21.2 Å². The largest absolute Gasteiger partial charge is 0.478 e. The van der Waals surface area contributed by atoms with Crippen LogP contribution in [0.2, 0.25) is 0 Å². The summed E-state index contributed by atoms with van der Waals surface area (Å²) in [7, 11) is 0. The Morgan fingerprint density at radius 2 is 1.48 bits per heavy atom. The van der Waals surface area contributed by atoms with Gasteiger partial charge in [0.05, 0.1) is 11.3 Å². The number of amides is 1. The van der Waals surface area contributed by atoms with E-state index in [0.29, 0.717) is 10.0 Å². The Morgan fingerprint density at radius 1 is 0.840 bits per heavy atom. The fraction of sp³-hybridized carbons (Fsp3) is 0. The second-order valence-electron chi connectivity index (χ2n) is 5.39. The molecule has 25 heavy (non-hydrogen) atoms. The number of halogens is 1. The van der Waals surface area contributed by atoms with Crippen LogP contribution in [-0.4, -0.2) is 17.0 Å². The van der Waals surface area contributed by atoms with E-state index < -0.39 is 5.97 Å². The monoisotopic (exact) mass is 395 g/mol. The molecule has 0 aliphatic heterocycles. The molecule has 0 unspecified atom stereocenters. The lowest BCUT2D eigenvalue weighted by atomic mass is 10.0. The van der Waals surface area contributed by atoms with Crippen molar-refractivity contribution in [2.75, 3.05) is 5.32 Å². The average molecular weight is 396 g/mol. The van der Waals surface area contributed by atoms with E-state index in [1.54, 1.807) is 24.3 Å². The fourth-order valence-corrected chi connectivity index (χ4v) is 2.80. The smallest absolute Gasteiger partial charge is 0.337 e. The molecule has 0 atom stereocenters. The summed E-state index contributed by atoms with van der Waals surface area (Å²) in [5.74, 6) is -1.46. The van der Waals surface area contributed by atoms with Gasteiger partial charge in [0.1, 0.15) is 0 Å². The summed E-state index contributed by atoms with van der Waals surface area (Å²) in [6.07, 6.45) is 0. The first-order valence-electron chi connectivity index (χ1n) is 7.54. The van der Waals surface area contributed by atoms with Gasteiger partial charge in [-0.15, -0.1) is 0 Å². The quantitative estimate of drug-likeness (QED) is 0.648. The van der Waals surface area contributed by atoms with Crippen LogP contribution in [0.5, 0.6) is 0 Å². The molecule has 0 radical (unpaired) electrons. The molecular formula is C20H14BrNO3. The third kappa shape index (κ3) is 3.95. The van der Waals surface area contributed by atoms with Crippen LogP contribution in [0.3, 0.4) is 0 Å². The second kappa shape index (κ2) is 7.32. The molecule has 3 aromatic carbocycles. The van der Waals surface area contributed by atoms with Crippen molar-refractivity contribution in [1.82, 2.24) is 0 Å². The van der Waals surface area contributed by atoms with Gasteiger partial charge in [0, 0.05) is 10.0 Å². The molecular weight excluding hydrogens is 382 g/mol. The van der Waals surface area contributed by atoms with Crippen molar-refractivity contribution in [2.45, 2.75) is 0 Å². The summed E-state index contributed by atoms with van der Waals surface area (Å²) in [6, 6.07) is 21.7. The molecule has 0 saturated heterocycles. The average Bonchev–Trinajstić information content (AvgIpc) is 2.64. The fourth-order valence-electron chi connectivity index (χ4n) is 2.44. The molecule has 0 saturated carbocycles. The molecule has 5 heteroatoms. The molecule has 0 aliphatic carbocycles. The molecule has 0 aliphatic rings. The Balaban J connectivity index is 1.82. The lowest BCUT2D eigenvalue weighted by Gasteiger charge is -2.09. The molecule has 0 heterocycles. The van der Waals surface area contributed by atoms with E-state index in [-0.39, 0.29) is 17.2 Å². The van der Waals surface area contributed by atoms with Gasteiger partial charge >= 0.3 is 5.97 Å². The zero-order valence-corrected chi connectivity index (χ0v) is 14.7. The minimum Gasteiger partial charge on any atom is -0.478 e. The number of anilines is 1. The molecule has 3 aromatic rings. The Kier molecular flexibility index (Phi) is 4.95. The van der Waals surface area contributed by atoms with Crippen LogP contribution in [0.4, 0.5) is 5.69 Å². The van der Waals surface area contributed by atoms with Gasteiger partial charge in [0.25, 0.3) is 5.91 Å². The zero-order valence-electron chi connectivity index (χ0n) is 13.1. The molecule has 1 amide bonds. The summed E-state index contributed by atoms with van der Waals surface area (Å²) in [5, 5.41) is 11.9. The van der Waals surface area contributed by atoms with Gasteiger partial charge in [-0.05, 0) is 41.5 Å². The number of hydrogen-bond donors (Lipinski definition) is 2. The number of nitrogens with one attached hydrogen (secondary N) is 1. The minimum atomic E-state index is -1.10. The van der Waals surface area contributed by atoms with E-state index in [1.807, 2.05) is 42.5 Å². The van der Waals surface area contributed by atoms with Crippen molar-refractivity contribution < 1.29 is 14.7 Å². The van der Waals surface area contributed by atoms with Crippen molar-refractivity contribution in [3.05, 3.63) is 88.4 Å². The van der Waals surface area contributed by atoms with Gasteiger partial charge in [-0.25, -0.2) is 4.79 Å². The molecule has 0 bridgehead atoms. The van der Waals surface area contributed by atoms with E-state index in [9.17, 15) is 14.7 Å². The first-order valence-corrected chi connectivity index (χ1v) is 8.33. The third-order valence-corrected chi connectivity index (χ3v) is 4.21. The van der Waals surface area contributed by atoms with Crippen molar-refractivity contribution in [2.24, 2.45) is 0 Å². The minimum absolute atomic E-state index is 0.0311. The topological polar surface area (TPSA) is 66.4 Å². The van der Waals surface area contributed by atoms with Crippen LogP contribution in [0.1, 0.15) is 20.7 Å². The molecule has 4 nitrogen and oxygen atoms in total. The number of aromatic carboxylic acids is 1.